The van der Waals surface area contributed by atoms with Crippen LogP contribution in [0.15, 0.2) is 0 Å². The topological polar surface area (TPSA) is 0 Å². The van der Waals surface area contributed by atoms with E-state index in [0.29, 0.717) is 0 Å². The quantitative estimate of drug-likeness (QED) is 0.474. The zero-order chi connectivity index (χ0) is 8.36. The average Bonchev–Trinajstić information content (AvgIpc) is 1.60. The Bertz CT molecular complexity index is 102. The lowest BCUT2D eigenvalue weighted by Gasteiger charge is -2.23. The highest BCUT2D eigenvalue weighted by Gasteiger charge is 2.30. The Morgan fingerprint density at radius 3 is 1.80 bits per heavy atom. The summed E-state index contributed by atoms with van der Waals surface area (Å²) in [4.78, 5) is 0. The summed E-state index contributed by atoms with van der Waals surface area (Å²) in [5.41, 5.74) is 0. The molecule has 0 heterocycles. The van der Waals surface area contributed by atoms with Crippen molar-refractivity contribution in [3.8, 4) is 0 Å². The molecule has 0 amide bonds. The lowest BCUT2D eigenvalue weighted by molar-refractivity contribution is 1.05. The summed E-state index contributed by atoms with van der Waals surface area (Å²) in [6, 6.07) is 1.18. The van der Waals surface area contributed by atoms with Gasteiger partial charge in [0.1, 0.15) is 3.23 Å². The van der Waals surface area contributed by atoms with Crippen LogP contribution in [0.4, 0.5) is 0 Å². The molecule has 1 radical (unpaired) electrons. The van der Waals surface area contributed by atoms with Gasteiger partial charge in [0.25, 0.3) is 0 Å². The van der Waals surface area contributed by atoms with E-state index in [-0.39, 0.29) is 15.8 Å². The fourth-order valence-corrected chi connectivity index (χ4v) is 5.98. The first kappa shape index (κ1) is 12.1. The maximum absolute atomic E-state index is 3.60. The van der Waals surface area contributed by atoms with E-state index in [9.17, 15) is 0 Å². The Labute approximate surface area is 97.6 Å². The van der Waals surface area contributed by atoms with Gasteiger partial charge in [-0.1, -0.05) is 76.8 Å². The number of alkyl halides is 4. The van der Waals surface area contributed by atoms with Crippen molar-refractivity contribution in [2.45, 2.75) is 26.1 Å². The molecule has 5 heteroatoms. The van der Waals surface area contributed by atoms with Crippen LogP contribution in [0.2, 0.25) is 19.1 Å². The van der Waals surface area contributed by atoms with Gasteiger partial charge in [0.05, 0.1) is 3.74 Å². The van der Waals surface area contributed by atoms with Gasteiger partial charge in [-0.2, -0.15) is 0 Å². The molecule has 0 aliphatic rings. The molecule has 0 spiro atoms. The monoisotopic (exact) mass is 413 g/mol. The van der Waals surface area contributed by atoms with Gasteiger partial charge >= 0.3 is 0 Å². The largest absolute Gasteiger partial charge is 0.100 e. The maximum atomic E-state index is 3.60. The molecule has 0 saturated heterocycles. The van der Waals surface area contributed by atoms with Crippen molar-refractivity contribution in [2.75, 3.05) is 0 Å². The van der Waals surface area contributed by atoms with E-state index < -0.39 is 0 Å². The third-order valence-corrected chi connectivity index (χ3v) is 8.71. The minimum atomic E-state index is -0.190. The van der Waals surface area contributed by atoms with Crippen LogP contribution in [0.5, 0.6) is 0 Å². The summed E-state index contributed by atoms with van der Waals surface area (Å²) >= 11 is 14.1. The Kier molecular flexibility index (Phi) is 6.06. The molecule has 0 unspecified atom stereocenters. The van der Waals surface area contributed by atoms with E-state index in [0.717, 1.165) is 0 Å². The minimum Gasteiger partial charge on any atom is -0.0740 e. The van der Waals surface area contributed by atoms with Crippen LogP contribution in [0, 0.1) is 0 Å². The van der Waals surface area contributed by atoms with Crippen LogP contribution in [0.1, 0.15) is 0 Å². The van der Waals surface area contributed by atoms with E-state index in [1.807, 2.05) is 0 Å². The molecule has 0 bridgehead atoms. The molecule has 0 nitrogen and oxygen atoms in total. The molecule has 0 atom stereocenters. The van der Waals surface area contributed by atoms with Crippen molar-refractivity contribution in [1.29, 1.82) is 0 Å². The smallest absolute Gasteiger partial charge is 0.0740 e. The lowest BCUT2D eigenvalue weighted by atomic mass is 10.6. The highest BCUT2D eigenvalue weighted by atomic mass is 79.9. The minimum absolute atomic E-state index is 0.0256. The van der Waals surface area contributed by atoms with Crippen molar-refractivity contribution in [1.82, 2.24) is 0 Å². The van der Waals surface area contributed by atoms with Crippen molar-refractivity contribution < 1.29 is 0 Å². The van der Waals surface area contributed by atoms with Gasteiger partial charge in [-0.15, -0.1) is 0 Å². The van der Waals surface area contributed by atoms with Crippen LogP contribution in [-0.2, 0) is 0 Å². The molecule has 0 aromatic carbocycles. The molecule has 0 rings (SSSR count). The van der Waals surface area contributed by atoms with E-state index in [2.05, 4.69) is 76.8 Å². The molecule has 0 saturated carbocycles. The number of halogens is 4. The Hall–Kier alpha value is 2.14. The van der Waals surface area contributed by atoms with E-state index in [4.69, 9.17) is 0 Å². The third-order valence-electron chi connectivity index (χ3n) is 0.909. The second-order valence-electron chi connectivity index (χ2n) is 2.45. The fraction of sp³-hybridized carbons (Fsp3) is 1.00. The third kappa shape index (κ3) is 4.90. The summed E-state index contributed by atoms with van der Waals surface area (Å²) in [6.45, 7) is 4.59. The maximum Gasteiger partial charge on any atom is 0.100 e. The van der Waals surface area contributed by atoms with Gasteiger partial charge < -0.3 is 0 Å². The highest BCUT2D eigenvalue weighted by Crippen LogP contribution is 2.42. The first-order valence-electron chi connectivity index (χ1n) is 2.81. The van der Waals surface area contributed by atoms with Crippen molar-refractivity contribution in [2.24, 2.45) is 0 Å². The molecule has 10 heavy (non-hydrogen) atoms. The van der Waals surface area contributed by atoms with Gasteiger partial charge in [0.15, 0.2) is 0 Å². The normalized spacial score (nSPS) is 13.2. The fourth-order valence-electron chi connectivity index (χ4n) is 0.549. The average molecular weight is 417 g/mol. The molecule has 0 N–H and O–H groups in total. The number of rotatable bonds is 3. The summed E-state index contributed by atoms with van der Waals surface area (Å²) in [7, 11) is -0.190. The standard InChI is InChI=1S/C5H9Br4Si/c1-10(2)3-5(8,9)4(6)7/h4H,3H2,1-2H3. The van der Waals surface area contributed by atoms with Gasteiger partial charge in [-0.25, -0.2) is 0 Å². The SMILES string of the molecule is C[Si](C)CC(Br)(Br)C(Br)Br. The van der Waals surface area contributed by atoms with Gasteiger partial charge in [0, 0.05) is 8.80 Å². The van der Waals surface area contributed by atoms with Gasteiger partial charge in [0.2, 0.25) is 0 Å². The summed E-state index contributed by atoms with van der Waals surface area (Å²) < 4.78 is 0.310. The highest BCUT2D eigenvalue weighted by molar-refractivity contribution is 9.30. The number of hydrogen-bond donors (Lipinski definition) is 0. The van der Waals surface area contributed by atoms with Crippen LogP contribution in [0.3, 0.4) is 0 Å². The summed E-state index contributed by atoms with van der Waals surface area (Å²) in [6.07, 6.45) is 0. The predicted octanol–water partition coefficient (Wildman–Crippen LogP) is 4.34. The zero-order valence-corrected chi connectivity index (χ0v) is 13.1. The first-order valence-corrected chi connectivity index (χ1v) is 8.93. The Balaban J connectivity index is 3.87. The van der Waals surface area contributed by atoms with E-state index in [1.54, 1.807) is 0 Å². The predicted molar refractivity (Wildman–Crippen MR) is 64.5 cm³/mol. The van der Waals surface area contributed by atoms with Crippen LogP contribution >= 0.6 is 63.7 Å². The zero-order valence-electron chi connectivity index (χ0n) is 5.80. The molecule has 0 fully saturated rings. The van der Waals surface area contributed by atoms with E-state index in [1.165, 1.54) is 6.04 Å². The van der Waals surface area contributed by atoms with Crippen molar-refractivity contribution in [3.63, 3.8) is 0 Å². The molecule has 0 aliphatic heterocycles. The first-order chi connectivity index (χ1) is 4.36. The second-order valence-corrected chi connectivity index (χ2v) is 12.2. The summed E-state index contributed by atoms with van der Waals surface area (Å²) in [5, 5.41) is 0. The lowest BCUT2D eigenvalue weighted by Crippen LogP contribution is -2.24. The summed E-state index contributed by atoms with van der Waals surface area (Å²) in [5.74, 6) is 0. The van der Waals surface area contributed by atoms with Gasteiger partial charge in [-0.05, 0) is 6.04 Å². The van der Waals surface area contributed by atoms with Gasteiger partial charge in [-0.3, -0.25) is 0 Å². The Morgan fingerprint density at radius 2 is 1.70 bits per heavy atom. The van der Waals surface area contributed by atoms with Crippen LogP contribution in [-0.4, -0.2) is 15.8 Å². The Morgan fingerprint density at radius 1 is 1.30 bits per heavy atom. The number of hydrogen-bond acceptors (Lipinski definition) is 0. The van der Waals surface area contributed by atoms with E-state index >= 15 is 0 Å². The molecular formula is C5H9Br4Si. The van der Waals surface area contributed by atoms with Crippen LogP contribution < -0.4 is 0 Å². The molecule has 0 aromatic rings. The molecule has 0 aliphatic carbocycles. The van der Waals surface area contributed by atoms with Crippen LogP contribution in [0.25, 0.3) is 0 Å². The molecular weight excluding hydrogens is 408 g/mol. The molecule has 0 aromatic heterocycles. The van der Waals surface area contributed by atoms with Crippen molar-refractivity contribution in [3.05, 3.63) is 0 Å². The molecule has 61 valence electrons. The van der Waals surface area contributed by atoms with Crippen molar-refractivity contribution >= 4 is 72.5 Å². The second kappa shape index (κ2) is 4.99.